The van der Waals surface area contributed by atoms with Gasteiger partial charge in [-0.1, -0.05) is 37.3 Å². The second kappa shape index (κ2) is 8.62. The lowest BCUT2D eigenvalue weighted by Crippen LogP contribution is -2.48. The topological polar surface area (TPSA) is 48.5 Å². The third-order valence-electron chi connectivity index (χ3n) is 4.47. The molecule has 1 aromatic carbocycles. The zero-order valence-electron chi connectivity index (χ0n) is 14.8. The summed E-state index contributed by atoms with van der Waals surface area (Å²) in [7, 11) is 0. The highest BCUT2D eigenvalue weighted by atomic mass is 16.2. The van der Waals surface area contributed by atoms with E-state index in [1.54, 1.807) is 12.4 Å². The lowest BCUT2D eigenvalue weighted by atomic mass is 10.2. The minimum Gasteiger partial charge on any atom is -0.384 e. The Morgan fingerprint density at radius 3 is 2.60 bits per heavy atom. The maximum Gasteiger partial charge on any atom is 0.255 e. The number of pyridine rings is 1. The average molecular weight is 338 g/mol. The van der Waals surface area contributed by atoms with E-state index in [1.807, 2.05) is 17.0 Å². The summed E-state index contributed by atoms with van der Waals surface area (Å²) in [4.78, 5) is 21.3. The molecule has 2 heterocycles. The van der Waals surface area contributed by atoms with Crippen LogP contribution in [0.4, 0.5) is 5.69 Å². The predicted molar refractivity (Wildman–Crippen MR) is 101 cm³/mol. The van der Waals surface area contributed by atoms with Gasteiger partial charge in [-0.3, -0.25) is 14.7 Å². The van der Waals surface area contributed by atoms with Gasteiger partial charge in [0.15, 0.2) is 0 Å². The Bertz CT molecular complexity index is 681. The second-order valence-corrected chi connectivity index (χ2v) is 6.44. The summed E-state index contributed by atoms with van der Waals surface area (Å²) in [6.45, 7) is 7.28. The molecule has 1 aromatic heterocycles. The first-order valence-corrected chi connectivity index (χ1v) is 9.00. The summed E-state index contributed by atoms with van der Waals surface area (Å²) in [5.74, 6) is 0.0759. The van der Waals surface area contributed by atoms with Crippen molar-refractivity contribution in [1.29, 1.82) is 0 Å². The molecule has 5 heteroatoms. The van der Waals surface area contributed by atoms with Crippen molar-refractivity contribution < 1.29 is 4.79 Å². The lowest BCUT2D eigenvalue weighted by Gasteiger charge is -2.34. The molecule has 25 heavy (non-hydrogen) atoms. The van der Waals surface area contributed by atoms with Crippen molar-refractivity contribution in [1.82, 2.24) is 14.8 Å². The Kier molecular flexibility index (Phi) is 6.01. The first-order valence-electron chi connectivity index (χ1n) is 9.00. The molecule has 1 fully saturated rings. The Hall–Kier alpha value is -2.40. The third kappa shape index (κ3) is 4.79. The maximum atomic E-state index is 12.7. The molecule has 1 aliphatic rings. The molecular formula is C20H26N4O. The standard InChI is InChI=1S/C20H26N4O/c1-2-8-22-19-13-18(14-21-15-19)20(25)24-11-9-23(10-12-24)16-17-6-4-3-5-7-17/h3-7,13-15,22H,2,8-12,16H2,1H3. The van der Waals surface area contributed by atoms with Crippen LogP contribution in [0, 0.1) is 0 Å². The Morgan fingerprint density at radius 2 is 1.88 bits per heavy atom. The fourth-order valence-corrected chi connectivity index (χ4v) is 3.06. The normalized spacial score (nSPS) is 15.2. The first kappa shape index (κ1) is 17.4. The highest BCUT2D eigenvalue weighted by Crippen LogP contribution is 2.14. The number of aromatic nitrogens is 1. The van der Waals surface area contributed by atoms with Crippen molar-refractivity contribution >= 4 is 11.6 Å². The van der Waals surface area contributed by atoms with Crippen LogP contribution in [0.3, 0.4) is 0 Å². The van der Waals surface area contributed by atoms with E-state index in [9.17, 15) is 4.79 Å². The zero-order chi connectivity index (χ0) is 17.5. The van der Waals surface area contributed by atoms with Gasteiger partial charge in [-0.2, -0.15) is 0 Å². The summed E-state index contributed by atoms with van der Waals surface area (Å²) in [6, 6.07) is 12.4. The van der Waals surface area contributed by atoms with E-state index >= 15 is 0 Å². The SMILES string of the molecule is CCCNc1cncc(C(=O)N2CCN(Cc3ccccc3)CC2)c1. The van der Waals surface area contributed by atoms with Crippen LogP contribution in [-0.4, -0.2) is 53.4 Å². The minimum atomic E-state index is 0.0759. The number of amides is 1. The molecule has 0 saturated carbocycles. The summed E-state index contributed by atoms with van der Waals surface area (Å²) in [6.07, 6.45) is 4.47. The van der Waals surface area contributed by atoms with Gasteiger partial charge in [-0.05, 0) is 18.1 Å². The highest BCUT2D eigenvalue weighted by Gasteiger charge is 2.22. The summed E-state index contributed by atoms with van der Waals surface area (Å²) >= 11 is 0. The van der Waals surface area contributed by atoms with E-state index in [1.165, 1.54) is 5.56 Å². The molecule has 0 aliphatic carbocycles. The van der Waals surface area contributed by atoms with E-state index in [4.69, 9.17) is 0 Å². The molecular weight excluding hydrogens is 312 g/mol. The maximum absolute atomic E-state index is 12.7. The molecule has 0 spiro atoms. The van der Waals surface area contributed by atoms with Gasteiger partial charge >= 0.3 is 0 Å². The molecule has 1 saturated heterocycles. The van der Waals surface area contributed by atoms with Crippen LogP contribution in [0.1, 0.15) is 29.3 Å². The van der Waals surface area contributed by atoms with Crippen molar-refractivity contribution in [3.8, 4) is 0 Å². The van der Waals surface area contributed by atoms with Gasteiger partial charge < -0.3 is 10.2 Å². The van der Waals surface area contributed by atoms with Crippen LogP contribution >= 0.6 is 0 Å². The van der Waals surface area contributed by atoms with Crippen molar-refractivity contribution in [3.63, 3.8) is 0 Å². The summed E-state index contributed by atoms with van der Waals surface area (Å²) < 4.78 is 0. The Labute approximate surface area is 149 Å². The van der Waals surface area contributed by atoms with Crippen LogP contribution in [0.25, 0.3) is 0 Å². The van der Waals surface area contributed by atoms with Crippen LogP contribution in [0.15, 0.2) is 48.8 Å². The highest BCUT2D eigenvalue weighted by molar-refractivity contribution is 5.94. The van der Waals surface area contributed by atoms with Gasteiger partial charge in [0.25, 0.3) is 5.91 Å². The third-order valence-corrected chi connectivity index (χ3v) is 4.47. The van der Waals surface area contributed by atoms with Gasteiger partial charge in [0.05, 0.1) is 11.3 Å². The second-order valence-electron chi connectivity index (χ2n) is 6.44. The largest absolute Gasteiger partial charge is 0.384 e. The molecule has 0 radical (unpaired) electrons. The number of nitrogens with one attached hydrogen (secondary N) is 1. The van der Waals surface area contributed by atoms with Crippen molar-refractivity contribution in [3.05, 3.63) is 59.9 Å². The quantitative estimate of drug-likeness (QED) is 0.880. The molecule has 1 amide bonds. The van der Waals surface area contributed by atoms with Crippen LogP contribution in [0.5, 0.6) is 0 Å². The predicted octanol–water partition coefficient (Wildman–Crippen LogP) is 2.86. The van der Waals surface area contributed by atoms with Gasteiger partial charge in [0.1, 0.15) is 0 Å². The molecule has 1 aliphatic heterocycles. The number of carbonyl (C=O) groups is 1. The molecule has 0 unspecified atom stereocenters. The number of piperazine rings is 1. The van der Waals surface area contributed by atoms with E-state index in [2.05, 4.69) is 46.4 Å². The fraction of sp³-hybridized carbons (Fsp3) is 0.400. The molecule has 0 bridgehead atoms. The van der Waals surface area contributed by atoms with Crippen molar-refractivity contribution in [2.45, 2.75) is 19.9 Å². The number of hydrogen-bond acceptors (Lipinski definition) is 4. The minimum absolute atomic E-state index is 0.0759. The van der Waals surface area contributed by atoms with Crippen LogP contribution in [-0.2, 0) is 6.54 Å². The van der Waals surface area contributed by atoms with Crippen molar-refractivity contribution in [2.75, 3.05) is 38.0 Å². The molecule has 1 N–H and O–H groups in total. The number of carbonyl (C=O) groups excluding carboxylic acids is 1. The monoisotopic (exact) mass is 338 g/mol. The number of hydrogen-bond donors (Lipinski definition) is 1. The van der Waals surface area contributed by atoms with E-state index in [-0.39, 0.29) is 5.91 Å². The van der Waals surface area contributed by atoms with Crippen molar-refractivity contribution in [2.24, 2.45) is 0 Å². The van der Waals surface area contributed by atoms with E-state index in [0.717, 1.165) is 51.4 Å². The molecule has 2 aromatic rings. The average Bonchev–Trinajstić information content (AvgIpc) is 2.67. The van der Waals surface area contributed by atoms with Gasteiger partial charge in [0, 0.05) is 51.7 Å². The van der Waals surface area contributed by atoms with E-state index in [0.29, 0.717) is 5.56 Å². The summed E-state index contributed by atoms with van der Waals surface area (Å²) in [5, 5.41) is 3.29. The number of rotatable bonds is 6. The molecule has 3 rings (SSSR count). The fourth-order valence-electron chi connectivity index (χ4n) is 3.06. The number of nitrogens with zero attached hydrogens (tertiary/aromatic N) is 3. The Balaban J connectivity index is 1.54. The van der Waals surface area contributed by atoms with Gasteiger partial charge in [0.2, 0.25) is 0 Å². The number of anilines is 1. The van der Waals surface area contributed by atoms with Gasteiger partial charge in [-0.25, -0.2) is 0 Å². The summed E-state index contributed by atoms with van der Waals surface area (Å²) in [5.41, 5.74) is 2.90. The lowest BCUT2D eigenvalue weighted by molar-refractivity contribution is 0.0628. The number of benzene rings is 1. The molecule has 5 nitrogen and oxygen atoms in total. The first-order chi connectivity index (χ1) is 12.3. The smallest absolute Gasteiger partial charge is 0.255 e. The molecule has 132 valence electrons. The zero-order valence-corrected chi connectivity index (χ0v) is 14.8. The van der Waals surface area contributed by atoms with Crippen LogP contribution < -0.4 is 5.32 Å². The van der Waals surface area contributed by atoms with Crippen LogP contribution in [0.2, 0.25) is 0 Å². The van der Waals surface area contributed by atoms with E-state index < -0.39 is 0 Å². The Morgan fingerprint density at radius 1 is 1.12 bits per heavy atom. The van der Waals surface area contributed by atoms with Gasteiger partial charge in [-0.15, -0.1) is 0 Å². The molecule has 0 atom stereocenters.